The summed E-state index contributed by atoms with van der Waals surface area (Å²) in [6.07, 6.45) is 2.06. The van der Waals surface area contributed by atoms with Crippen molar-refractivity contribution in [3.05, 3.63) is 94.0 Å². The Labute approximate surface area is 200 Å². The number of carbonyl (C=O) groups is 1. The Bertz CT molecular complexity index is 1020. The summed E-state index contributed by atoms with van der Waals surface area (Å²) in [6.45, 7) is 3.32. The molecular formula is C26H29Cl2NO3. The number of carboxylic acid groups (broad SMARTS) is 1. The van der Waals surface area contributed by atoms with Gasteiger partial charge in [0.15, 0.2) is 0 Å². The van der Waals surface area contributed by atoms with Crippen molar-refractivity contribution in [3.63, 3.8) is 0 Å². The number of benzene rings is 3. The topological polar surface area (TPSA) is 69.6 Å². The summed E-state index contributed by atoms with van der Waals surface area (Å²) in [5.74, 6) is -0.896. The standard InChI is InChI=1S/C26H28ClNO3.ClH/c1-2-4-20-15-22(26(30)31)11-12-24(20)19-9-7-18(8-10-19)13-14-28-17-25(29)21-5-3-6-23(27)16-21;/h3,5-12,15-16,25,28-29H,2,4,13-14,17H2,1H3,(H,30,31);1H/t25-;/m1./s1. The van der Waals surface area contributed by atoms with E-state index in [2.05, 4.69) is 36.5 Å². The van der Waals surface area contributed by atoms with Gasteiger partial charge in [-0.1, -0.05) is 67.4 Å². The van der Waals surface area contributed by atoms with Crippen LogP contribution in [0.5, 0.6) is 0 Å². The summed E-state index contributed by atoms with van der Waals surface area (Å²) in [5.41, 5.74) is 5.57. The lowest BCUT2D eigenvalue weighted by molar-refractivity contribution is 0.0696. The van der Waals surface area contributed by atoms with Crippen molar-refractivity contribution in [2.24, 2.45) is 0 Å². The first-order valence-corrected chi connectivity index (χ1v) is 11.0. The third-order valence-corrected chi connectivity index (χ3v) is 5.53. The van der Waals surface area contributed by atoms with Crippen LogP contribution in [0.3, 0.4) is 0 Å². The lowest BCUT2D eigenvalue weighted by atomic mass is 9.94. The molecule has 0 amide bonds. The lowest BCUT2D eigenvalue weighted by Gasteiger charge is -2.13. The van der Waals surface area contributed by atoms with Crippen LogP contribution in [0.15, 0.2) is 66.7 Å². The van der Waals surface area contributed by atoms with Gasteiger partial charge in [0.25, 0.3) is 0 Å². The van der Waals surface area contributed by atoms with Crippen LogP contribution in [0.1, 0.15) is 46.5 Å². The number of aliphatic hydroxyl groups excluding tert-OH is 1. The highest BCUT2D eigenvalue weighted by Gasteiger charge is 2.10. The summed E-state index contributed by atoms with van der Waals surface area (Å²) in [6, 6.07) is 21.0. The zero-order valence-electron chi connectivity index (χ0n) is 18.1. The van der Waals surface area contributed by atoms with Gasteiger partial charge in [0, 0.05) is 11.6 Å². The van der Waals surface area contributed by atoms with Crippen LogP contribution < -0.4 is 5.32 Å². The van der Waals surface area contributed by atoms with Gasteiger partial charge in [0.05, 0.1) is 11.7 Å². The minimum absolute atomic E-state index is 0. The summed E-state index contributed by atoms with van der Waals surface area (Å²) in [4.78, 5) is 11.3. The van der Waals surface area contributed by atoms with Gasteiger partial charge in [0.1, 0.15) is 0 Å². The normalized spacial score (nSPS) is 11.6. The molecule has 0 spiro atoms. The minimum atomic E-state index is -0.896. The zero-order valence-corrected chi connectivity index (χ0v) is 19.6. The van der Waals surface area contributed by atoms with Crippen LogP contribution in [0.2, 0.25) is 5.02 Å². The van der Waals surface area contributed by atoms with E-state index in [1.807, 2.05) is 18.2 Å². The lowest BCUT2D eigenvalue weighted by Crippen LogP contribution is -2.23. The number of hydrogen-bond acceptors (Lipinski definition) is 3. The third kappa shape index (κ3) is 7.07. The first kappa shape index (κ1) is 25.9. The van der Waals surface area contributed by atoms with Gasteiger partial charge in [-0.05, 0) is 71.5 Å². The molecular weight excluding hydrogens is 445 g/mol. The van der Waals surface area contributed by atoms with Crippen molar-refractivity contribution in [3.8, 4) is 11.1 Å². The van der Waals surface area contributed by atoms with E-state index in [0.29, 0.717) is 17.1 Å². The number of aliphatic hydroxyl groups is 1. The van der Waals surface area contributed by atoms with Gasteiger partial charge < -0.3 is 15.5 Å². The molecule has 0 saturated heterocycles. The van der Waals surface area contributed by atoms with Crippen molar-refractivity contribution in [1.29, 1.82) is 0 Å². The van der Waals surface area contributed by atoms with E-state index in [0.717, 1.165) is 48.1 Å². The molecule has 1 atom stereocenters. The van der Waals surface area contributed by atoms with Gasteiger partial charge >= 0.3 is 5.97 Å². The molecule has 3 aromatic carbocycles. The number of carboxylic acids is 1. The molecule has 0 unspecified atom stereocenters. The first-order valence-electron chi connectivity index (χ1n) is 10.6. The Morgan fingerprint density at radius 1 is 1.03 bits per heavy atom. The maximum Gasteiger partial charge on any atom is 0.335 e. The second-order valence-corrected chi connectivity index (χ2v) is 8.09. The minimum Gasteiger partial charge on any atom is -0.478 e. The number of nitrogens with one attached hydrogen (secondary N) is 1. The molecule has 32 heavy (non-hydrogen) atoms. The number of rotatable bonds is 10. The SMILES string of the molecule is CCCc1cc(C(=O)O)ccc1-c1ccc(CCNC[C@@H](O)c2cccc(Cl)c2)cc1.Cl. The zero-order chi connectivity index (χ0) is 22.2. The van der Waals surface area contributed by atoms with E-state index in [9.17, 15) is 15.0 Å². The summed E-state index contributed by atoms with van der Waals surface area (Å²) < 4.78 is 0. The van der Waals surface area contributed by atoms with E-state index in [-0.39, 0.29) is 12.4 Å². The molecule has 0 fully saturated rings. The Morgan fingerprint density at radius 3 is 2.44 bits per heavy atom. The van der Waals surface area contributed by atoms with Crippen molar-refractivity contribution in [2.75, 3.05) is 13.1 Å². The molecule has 3 aromatic rings. The van der Waals surface area contributed by atoms with Gasteiger partial charge in [-0.2, -0.15) is 0 Å². The fourth-order valence-electron chi connectivity index (χ4n) is 3.64. The average molecular weight is 474 g/mol. The first-order chi connectivity index (χ1) is 15.0. The van der Waals surface area contributed by atoms with Gasteiger partial charge in [-0.15, -0.1) is 12.4 Å². The Balaban J connectivity index is 0.00000363. The smallest absolute Gasteiger partial charge is 0.335 e. The number of aryl methyl sites for hydroxylation is 1. The maximum atomic E-state index is 11.3. The highest BCUT2D eigenvalue weighted by atomic mass is 35.5. The van der Waals surface area contributed by atoms with E-state index >= 15 is 0 Å². The van der Waals surface area contributed by atoms with Crippen LogP contribution in [0.25, 0.3) is 11.1 Å². The summed E-state index contributed by atoms with van der Waals surface area (Å²) in [7, 11) is 0. The van der Waals surface area contributed by atoms with Crippen molar-refractivity contribution >= 4 is 30.0 Å². The predicted molar refractivity (Wildman–Crippen MR) is 133 cm³/mol. The van der Waals surface area contributed by atoms with Crippen molar-refractivity contribution < 1.29 is 15.0 Å². The van der Waals surface area contributed by atoms with Crippen LogP contribution in [0.4, 0.5) is 0 Å². The average Bonchev–Trinajstić information content (AvgIpc) is 2.77. The van der Waals surface area contributed by atoms with Crippen molar-refractivity contribution in [1.82, 2.24) is 5.32 Å². The second kappa shape index (κ2) is 12.6. The molecule has 0 aliphatic rings. The third-order valence-electron chi connectivity index (χ3n) is 5.30. The quantitative estimate of drug-likeness (QED) is 0.318. The number of hydrogen-bond donors (Lipinski definition) is 3. The Kier molecular flexibility index (Phi) is 10.2. The largest absolute Gasteiger partial charge is 0.478 e. The van der Waals surface area contributed by atoms with Crippen LogP contribution in [-0.2, 0) is 12.8 Å². The van der Waals surface area contributed by atoms with Crippen LogP contribution >= 0.6 is 24.0 Å². The molecule has 3 rings (SSSR count). The fourth-order valence-corrected chi connectivity index (χ4v) is 3.84. The monoisotopic (exact) mass is 473 g/mol. The summed E-state index contributed by atoms with van der Waals surface area (Å²) >= 11 is 5.98. The Hall–Kier alpha value is -2.37. The maximum absolute atomic E-state index is 11.3. The van der Waals surface area contributed by atoms with Crippen molar-refractivity contribution in [2.45, 2.75) is 32.3 Å². The van der Waals surface area contributed by atoms with Crippen LogP contribution in [-0.4, -0.2) is 29.3 Å². The van der Waals surface area contributed by atoms with E-state index in [1.165, 1.54) is 5.56 Å². The van der Waals surface area contributed by atoms with E-state index < -0.39 is 12.1 Å². The molecule has 0 aromatic heterocycles. The molecule has 0 radical (unpaired) electrons. The highest BCUT2D eigenvalue weighted by molar-refractivity contribution is 6.30. The highest BCUT2D eigenvalue weighted by Crippen LogP contribution is 2.26. The number of halogens is 2. The molecule has 4 nitrogen and oxygen atoms in total. The molecule has 3 N–H and O–H groups in total. The predicted octanol–water partition coefficient (Wildman–Crippen LogP) is 5.95. The molecule has 0 saturated carbocycles. The molecule has 0 aliphatic heterocycles. The molecule has 0 bridgehead atoms. The van der Waals surface area contributed by atoms with Gasteiger partial charge in [0.2, 0.25) is 0 Å². The van der Waals surface area contributed by atoms with E-state index in [1.54, 1.807) is 24.3 Å². The molecule has 6 heteroatoms. The molecule has 170 valence electrons. The molecule has 0 heterocycles. The van der Waals surface area contributed by atoms with Crippen LogP contribution in [0, 0.1) is 0 Å². The Morgan fingerprint density at radius 2 is 1.78 bits per heavy atom. The molecule has 0 aliphatic carbocycles. The fraction of sp³-hybridized carbons (Fsp3) is 0.269. The van der Waals surface area contributed by atoms with E-state index in [4.69, 9.17) is 11.6 Å². The van der Waals surface area contributed by atoms with Gasteiger partial charge in [-0.3, -0.25) is 0 Å². The van der Waals surface area contributed by atoms with Gasteiger partial charge in [-0.25, -0.2) is 4.79 Å². The number of aromatic carboxylic acids is 1. The summed E-state index contributed by atoms with van der Waals surface area (Å²) in [5, 5.41) is 23.4. The second-order valence-electron chi connectivity index (χ2n) is 7.65.